The van der Waals surface area contributed by atoms with Gasteiger partial charge in [-0.05, 0) is 44.0 Å². The standard InChI is InChI=1S/C25H34N4O8S/c1-7-21(25(31)26-17(2)3)27(15-18-8-11-20(36-4)12-9-18)24(30)16-28(38(6,34)35)22-14-19(29(32)33)10-13-23(22)37-5/h8-14,17,21H,7,15-16H2,1-6H3,(H,26,31)/t21-/m0/s1. The van der Waals surface area contributed by atoms with Crippen molar-refractivity contribution < 1.29 is 32.4 Å². The van der Waals surface area contributed by atoms with Crippen LogP contribution >= 0.6 is 0 Å². The van der Waals surface area contributed by atoms with Gasteiger partial charge in [0.25, 0.3) is 5.69 Å². The molecule has 2 rings (SSSR count). The smallest absolute Gasteiger partial charge is 0.271 e. The van der Waals surface area contributed by atoms with Gasteiger partial charge >= 0.3 is 0 Å². The van der Waals surface area contributed by atoms with Crippen LogP contribution in [-0.4, -0.2) is 69.2 Å². The van der Waals surface area contributed by atoms with Gasteiger partial charge in [-0.15, -0.1) is 0 Å². The van der Waals surface area contributed by atoms with Crippen molar-refractivity contribution in [2.75, 3.05) is 31.3 Å². The van der Waals surface area contributed by atoms with E-state index in [1.165, 1.54) is 31.3 Å². The number of nitrogens with one attached hydrogen (secondary N) is 1. The number of nitro groups is 1. The van der Waals surface area contributed by atoms with Crippen LogP contribution in [0.4, 0.5) is 11.4 Å². The highest BCUT2D eigenvalue weighted by molar-refractivity contribution is 7.92. The quantitative estimate of drug-likeness (QED) is 0.296. The fourth-order valence-electron chi connectivity index (χ4n) is 3.81. The number of benzene rings is 2. The molecule has 0 spiro atoms. The molecule has 0 aliphatic rings. The first-order chi connectivity index (χ1) is 17.8. The van der Waals surface area contributed by atoms with E-state index in [0.717, 1.165) is 16.6 Å². The predicted octanol–water partition coefficient (Wildman–Crippen LogP) is 2.71. The zero-order chi connectivity index (χ0) is 28.6. The van der Waals surface area contributed by atoms with Crippen LogP contribution < -0.4 is 19.1 Å². The molecule has 0 saturated carbocycles. The van der Waals surface area contributed by atoms with Crippen LogP contribution in [0.25, 0.3) is 0 Å². The summed E-state index contributed by atoms with van der Waals surface area (Å²) in [6.45, 7) is 4.63. The van der Waals surface area contributed by atoms with E-state index in [9.17, 15) is 28.1 Å². The predicted molar refractivity (Wildman–Crippen MR) is 143 cm³/mol. The van der Waals surface area contributed by atoms with Gasteiger partial charge in [0, 0.05) is 24.7 Å². The molecule has 0 fully saturated rings. The molecule has 38 heavy (non-hydrogen) atoms. The first-order valence-electron chi connectivity index (χ1n) is 11.8. The van der Waals surface area contributed by atoms with E-state index in [1.54, 1.807) is 45.0 Å². The summed E-state index contributed by atoms with van der Waals surface area (Å²) in [5.74, 6) is -0.425. The number of anilines is 1. The molecule has 2 aromatic rings. The van der Waals surface area contributed by atoms with E-state index in [4.69, 9.17) is 9.47 Å². The van der Waals surface area contributed by atoms with Gasteiger partial charge in [0.2, 0.25) is 21.8 Å². The summed E-state index contributed by atoms with van der Waals surface area (Å²) in [7, 11) is -1.30. The lowest BCUT2D eigenvalue weighted by Gasteiger charge is -2.33. The average molecular weight is 551 g/mol. The second kappa shape index (κ2) is 13.1. The molecule has 0 saturated heterocycles. The highest BCUT2D eigenvalue weighted by atomic mass is 32.2. The summed E-state index contributed by atoms with van der Waals surface area (Å²) in [5, 5.41) is 14.2. The van der Waals surface area contributed by atoms with Crippen molar-refractivity contribution in [1.82, 2.24) is 10.2 Å². The fraction of sp³-hybridized carbons (Fsp3) is 0.440. The van der Waals surface area contributed by atoms with Gasteiger partial charge in [-0.1, -0.05) is 19.1 Å². The van der Waals surface area contributed by atoms with E-state index in [1.807, 2.05) is 0 Å². The highest BCUT2D eigenvalue weighted by Gasteiger charge is 2.33. The zero-order valence-electron chi connectivity index (χ0n) is 22.3. The average Bonchev–Trinajstić information content (AvgIpc) is 2.85. The second-order valence-electron chi connectivity index (χ2n) is 8.84. The molecule has 2 aromatic carbocycles. The molecule has 13 heteroatoms. The third kappa shape index (κ3) is 7.81. The van der Waals surface area contributed by atoms with Crippen molar-refractivity contribution in [3.63, 3.8) is 0 Å². The Morgan fingerprint density at radius 2 is 1.71 bits per heavy atom. The third-order valence-electron chi connectivity index (χ3n) is 5.65. The van der Waals surface area contributed by atoms with Crippen LogP contribution in [0.2, 0.25) is 0 Å². The molecule has 0 aliphatic carbocycles. The molecular weight excluding hydrogens is 516 g/mol. The number of sulfonamides is 1. The molecule has 0 heterocycles. The topological polar surface area (TPSA) is 148 Å². The first-order valence-corrected chi connectivity index (χ1v) is 13.7. The van der Waals surface area contributed by atoms with Crippen molar-refractivity contribution in [2.45, 2.75) is 45.8 Å². The number of rotatable bonds is 13. The van der Waals surface area contributed by atoms with Crippen LogP contribution in [0.15, 0.2) is 42.5 Å². The Balaban J connectivity index is 2.55. The Morgan fingerprint density at radius 1 is 1.08 bits per heavy atom. The van der Waals surface area contributed by atoms with Crippen LogP contribution in [0.5, 0.6) is 11.5 Å². The summed E-state index contributed by atoms with van der Waals surface area (Å²) < 4.78 is 36.8. The first kappa shape index (κ1) is 30.4. The lowest BCUT2D eigenvalue weighted by Crippen LogP contribution is -2.53. The maximum absolute atomic E-state index is 13.8. The number of hydrogen-bond acceptors (Lipinski definition) is 8. The second-order valence-corrected chi connectivity index (χ2v) is 10.7. The maximum atomic E-state index is 13.8. The number of nitrogens with zero attached hydrogens (tertiary/aromatic N) is 3. The maximum Gasteiger partial charge on any atom is 0.271 e. The van der Waals surface area contributed by atoms with Crippen molar-refractivity contribution in [1.29, 1.82) is 0 Å². The minimum absolute atomic E-state index is 0.0104. The van der Waals surface area contributed by atoms with Gasteiger partial charge in [-0.3, -0.25) is 24.0 Å². The number of carbonyl (C=O) groups excluding carboxylic acids is 2. The van der Waals surface area contributed by atoms with Crippen LogP contribution in [0, 0.1) is 10.1 Å². The zero-order valence-corrected chi connectivity index (χ0v) is 23.1. The van der Waals surface area contributed by atoms with Crippen LogP contribution in [0.3, 0.4) is 0 Å². The van der Waals surface area contributed by atoms with Crippen molar-refractivity contribution in [2.24, 2.45) is 0 Å². The Morgan fingerprint density at radius 3 is 2.18 bits per heavy atom. The van der Waals surface area contributed by atoms with Gasteiger partial charge in [0.1, 0.15) is 29.8 Å². The summed E-state index contributed by atoms with van der Waals surface area (Å²) in [5.41, 5.74) is 0.148. The summed E-state index contributed by atoms with van der Waals surface area (Å²) in [6.07, 6.45) is 1.15. The summed E-state index contributed by atoms with van der Waals surface area (Å²) in [4.78, 5) is 38.8. The van der Waals surface area contributed by atoms with Crippen molar-refractivity contribution >= 4 is 33.2 Å². The van der Waals surface area contributed by atoms with E-state index in [0.29, 0.717) is 11.3 Å². The number of methoxy groups -OCH3 is 2. The van der Waals surface area contributed by atoms with Crippen LogP contribution in [-0.2, 0) is 26.2 Å². The summed E-state index contributed by atoms with van der Waals surface area (Å²) >= 11 is 0. The minimum atomic E-state index is -4.11. The number of ether oxygens (including phenoxy) is 2. The van der Waals surface area contributed by atoms with Gasteiger partial charge in [0.05, 0.1) is 25.4 Å². The van der Waals surface area contributed by atoms with Gasteiger partial charge in [0.15, 0.2) is 0 Å². The van der Waals surface area contributed by atoms with Crippen molar-refractivity contribution in [3.05, 3.63) is 58.1 Å². The van der Waals surface area contributed by atoms with Gasteiger partial charge < -0.3 is 19.7 Å². The molecule has 1 atom stereocenters. The third-order valence-corrected chi connectivity index (χ3v) is 6.78. The lowest BCUT2D eigenvalue weighted by molar-refractivity contribution is -0.384. The number of non-ortho nitro benzene ring substituents is 1. The number of nitro benzene ring substituents is 1. The fourth-order valence-corrected chi connectivity index (χ4v) is 4.65. The Labute approximate surface area is 222 Å². The molecule has 2 amide bonds. The molecule has 0 unspecified atom stereocenters. The lowest BCUT2D eigenvalue weighted by atomic mass is 10.1. The minimum Gasteiger partial charge on any atom is -0.497 e. The largest absolute Gasteiger partial charge is 0.497 e. The van der Waals surface area contributed by atoms with E-state index in [-0.39, 0.29) is 42.0 Å². The molecule has 208 valence electrons. The Bertz CT molecular complexity index is 1250. The van der Waals surface area contributed by atoms with E-state index < -0.39 is 33.4 Å². The molecule has 0 radical (unpaired) electrons. The molecular formula is C25H34N4O8S. The molecule has 0 bridgehead atoms. The number of carbonyl (C=O) groups is 2. The van der Waals surface area contributed by atoms with E-state index in [2.05, 4.69) is 5.32 Å². The monoisotopic (exact) mass is 550 g/mol. The Hall–Kier alpha value is -3.87. The van der Waals surface area contributed by atoms with Crippen molar-refractivity contribution in [3.8, 4) is 11.5 Å². The molecule has 0 aromatic heterocycles. The number of amides is 2. The molecule has 12 nitrogen and oxygen atoms in total. The van der Waals surface area contributed by atoms with Gasteiger partial charge in [-0.25, -0.2) is 8.42 Å². The van der Waals surface area contributed by atoms with Gasteiger partial charge in [-0.2, -0.15) is 0 Å². The number of hydrogen-bond donors (Lipinski definition) is 1. The SMILES string of the molecule is CC[C@@H](C(=O)NC(C)C)N(Cc1ccc(OC)cc1)C(=O)CN(c1cc([N+](=O)[O-])ccc1OC)S(C)(=O)=O. The normalized spacial score (nSPS) is 12.0. The van der Waals surface area contributed by atoms with E-state index >= 15 is 0 Å². The molecule has 1 N–H and O–H groups in total. The highest BCUT2D eigenvalue weighted by Crippen LogP contribution is 2.34. The Kier molecular flexibility index (Phi) is 10.5. The van der Waals surface area contributed by atoms with Crippen LogP contribution in [0.1, 0.15) is 32.8 Å². The molecule has 0 aliphatic heterocycles. The summed E-state index contributed by atoms with van der Waals surface area (Å²) in [6, 6.07) is 9.28.